The van der Waals surface area contributed by atoms with E-state index in [9.17, 15) is 18.0 Å². The van der Waals surface area contributed by atoms with Gasteiger partial charge in [0.05, 0.1) is 13.2 Å². The highest BCUT2D eigenvalue weighted by atomic mass is 32.2. The number of morpholine rings is 1. The lowest BCUT2D eigenvalue weighted by Gasteiger charge is -2.23. The molecule has 1 aliphatic rings. The van der Waals surface area contributed by atoms with E-state index in [1.807, 2.05) is 0 Å². The van der Waals surface area contributed by atoms with E-state index in [4.69, 9.17) is 4.74 Å². The Morgan fingerprint density at radius 2 is 2.29 bits per heavy atom. The second-order valence-corrected chi connectivity index (χ2v) is 5.69. The lowest BCUT2D eigenvalue weighted by atomic mass is 10.2. The van der Waals surface area contributed by atoms with Gasteiger partial charge >= 0.3 is 5.51 Å². The van der Waals surface area contributed by atoms with Gasteiger partial charge in [0.25, 0.3) is 0 Å². The van der Waals surface area contributed by atoms with E-state index in [0.29, 0.717) is 25.4 Å². The van der Waals surface area contributed by atoms with Crippen molar-refractivity contribution in [3.63, 3.8) is 0 Å². The third kappa shape index (κ3) is 5.94. The second kappa shape index (κ2) is 7.15. The van der Waals surface area contributed by atoms with Gasteiger partial charge in [-0.2, -0.15) is 13.2 Å². The van der Waals surface area contributed by atoms with E-state index in [1.54, 1.807) is 6.07 Å². The normalized spacial score (nSPS) is 19.3. The molecule has 1 heterocycles. The first-order chi connectivity index (χ1) is 9.92. The number of nitrogens with one attached hydrogen (secondary N) is 2. The molecular formula is C13H15F3N2O2S. The molecule has 0 aliphatic carbocycles. The van der Waals surface area contributed by atoms with Gasteiger partial charge in [-0.15, -0.1) is 0 Å². The van der Waals surface area contributed by atoms with Crippen LogP contribution in [0.4, 0.5) is 18.9 Å². The van der Waals surface area contributed by atoms with Crippen LogP contribution in [0.25, 0.3) is 0 Å². The predicted octanol–water partition coefficient (Wildman–Crippen LogP) is 2.62. The number of rotatable bonds is 4. The fourth-order valence-corrected chi connectivity index (χ4v) is 2.56. The Balaban J connectivity index is 1.89. The second-order valence-electron chi connectivity index (χ2n) is 4.55. The minimum Gasteiger partial charge on any atom is -0.378 e. The number of halogens is 3. The summed E-state index contributed by atoms with van der Waals surface area (Å²) in [5, 5.41) is 5.74. The molecule has 116 valence electrons. The van der Waals surface area contributed by atoms with Crippen LogP contribution < -0.4 is 10.6 Å². The molecule has 21 heavy (non-hydrogen) atoms. The molecule has 1 atom stereocenters. The van der Waals surface area contributed by atoms with Crippen LogP contribution in [0.2, 0.25) is 0 Å². The molecule has 0 bridgehead atoms. The van der Waals surface area contributed by atoms with E-state index < -0.39 is 5.51 Å². The van der Waals surface area contributed by atoms with Gasteiger partial charge in [0.2, 0.25) is 5.91 Å². The Kier molecular flexibility index (Phi) is 5.49. The Labute approximate surface area is 124 Å². The topological polar surface area (TPSA) is 50.4 Å². The molecule has 0 radical (unpaired) electrons. The van der Waals surface area contributed by atoms with Crippen LogP contribution in [0, 0.1) is 0 Å². The van der Waals surface area contributed by atoms with Crippen LogP contribution in [0.3, 0.4) is 0 Å². The summed E-state index contributed by atoms with van der Waals surface area (Å²) < 4.78 is 42.1. The van der Waals surface area contributed by atoms with Crippen molar-refractivity contribution in [1.82, 2.24) is 5.32 Å². The summed E-state index contributed by atoms with van der Waals surface area (Å²) in [5.74, 6) is -0.257. The van der Waals surface area contributed by atoms with Gasteiger partial charge in [-0.3, -0.25) is 4.79 Å². The fourth-order valence-electron chi connectivity index (χ4n) is 1.96. The minimum absolute atomic E-state index is 0.0411. The van der Waals surface area contributed by atoms with Crippen molar-refractivity contribution in [2.24, 2.45) is 0 Å². The zero-order chi connectivity index (χ0) is 15.3. The average molecular weight is 320 g/mol. The van der Waals surface area contributed by atoms with Crippen molar-refractivity contribution in [3.05, 3.63) is 24.3 Å². The van der Waals surface area contributed by atoms with Crippen LogP contribution in [-0.2, 0) is 9.53 Å². The Morgan fingerprint density at radius 3 is 2.95 bits per heavy atom. The van der Waals surface area contributed by atoms with Crippen LogP contribution in [0.5, 0.6) is 0 Å². The molecule has 1 aliphatic heterocycles. The molecule has 1 amide bonds. The summed E-state index contributed by atoms with van der Waals surface area (Å²) >= 11 is -0.206. The molecule has 0 saturated carbocycles. The van der Waals surface area contributed by atoms with Crippen LogP contribution >= 0.6 is 11.8 Å². The van der Waals surface area contributed by atoms with Gasteiger partial charge in [0.15, 0.2) is 0 Å². The van der Waals surface area contributed by atoms with E-state index in [2.05, 4.69) is 10.6 Å². The molecule has 8 heteroatoms. The predicted molar refractivity (Wildman–Crippen MR) is 74.2 cm³/mol. The summed E-state index contributed by atoms with van der Waals surface area (Å²) in [6.45, 7) is 1.77. The highest BCUT2D eigenvalue weighted by molar-refractivity contribution is 8.00. The van der Waals surface area contributed by atoms with Crippen molar-refractivity contribution in [1.29, 1.82) is 0 Å². The smallest absolute Gasteiger partial charge is 0.378 e. The fraction of sp³-hybridized carbons (Fsp3) is 0.462. The van der Waals surface area contributed by atoms with Gasteiger partial charge in [-0.1, -0.05) is 6.07 Å². The van der Waals surface area contributed by atoms with Crippen molar-refractivity contribution < 1.29 is 22.7 Å². The first-order valence-electron chi connectivity index (χ1n) is 6.39. The van der Waals surface area contributed by atoms with Gasteiger partial charge in [-0.05, 0) is 30.0 Å². The number of carbonyl (C=O) groups excluding carboxylic acids is 1. The van der Waals surface area contributed by atoms with Crippen molar-refractivity contribution >= 4 is 23.4 Å². The zero-order valence-corrected chi connectivity index (χ0v) is 11.9. The molecule has 0 spiro atoms. The zero-order valence-electron chi connectivity index (χ0n) is 11.1. The van der Waals surface area contributed by atoms with Crippen LogP contribution in [0.1, 0.15) is 6.42 Å². The van der Waals surface area contributed by atoms with E-state index in [-0.39, 0.29) is 35.0 Å². The van der Waals surface area contributed by atoms with E-state index in [1.165, 1.54) is 18.2 Å². The molecule has 2 rings (SSSR count). The Bertz CT molecular complexity index is 491. The van der Waals surface area contributed by atoms with Gasteiger partial charge in [0.1, 0.15) is 0 Å². The number of alkyl halides is 3. The third-order valence-corrected chi connectivity index (χ3v) is 3.50. The maximum atomic E-state index is 12.3. The third-order valence-electron chi connectivity index (χ3n) is 2.78. The van der Waals surface area contributed by atoms with E-state index in [0.717, 1.165) is 0 Å². The quantitative estimate of drug-likeness (QED) is 0.838. The molecular weight excluding hydrogens is 305 g/mol. The number of hydrogen-bond donors (Lipinski definition) is 2. The van der Waals surface area contributed by atoms with Crippen molar-refractivity contribution in [2.75, 3.05) is 25.1 Å². The lowest BCUT2D eigenvalue weighted by Crippen LogP contribution is -2.43. The molecule has 0 aromatic heterocycles. The molecule has 1 aromatic rings. The summed E-state index contributed by atoms with van der Waals surface area (Å²) in [4.78, 5) is 11.9. The minimum atomic E-state index is -4.34. The SMILES string of the molecule is O=C(CC1COCCN1)Nc1cccc(SC(F)(F)F)c1. The van der Waals surface area contributed by atoms with Crippen LogP contribution in [-0.4, -0.2) is 37.2 Å². The molecule has 4 nitrogen and oxygen atoms in total. The number of thioether (sulfide) groups is 1. The van der Waals surface area contributed by atoms with Gasteiger partial charge < -0.3 is 15.4 Å². The van der Waals surface area contributed by atoms with Gasteiger partial charge in [-0.25, -0.2) is 0 Å². The lowest BCUT2D eigenvalue weighted by molar-refractivity contribution is -0.117. The maximum absolute atomic E-state index is 12.3. The first-order valence-corrected chi connectivity index (χ1v) is 7.21. The summed E-state index contributed by atoms with van der Waals surface area (Å²) in [5.41, 5.74) is -3.99. The number of carbonyl (C=O) groups is 1. The summed E-state index contributed by atoms with van der Waals surface area (Å²) in [6, 6.07) is 5.63. The Hall–Kier alpha value is -1.25. The first kappa shape index (κ1) is 16.1. The summed E-state index contributed by atoms with van der Waals surface area (Å²) in [7, 11) is 0. The standard InChI is InChI=1S/C13H15F3N2O2S/c14-13(15,16)21-11-3-1-2-9(6-11)18-12(19)7-10-8-20-5-4-17-10/h1-3,6,10,17H,4-5,7-8H2,(H,18,19). The van der Waals surface area contributed by atoms with Crippen molar-refractivity contribution in [3.8, 4) is 0 Å². The average Bonchev–Trinajstić information content (AvgIpc) is 2.38. The summed E-state index contributed by atoms with van der Waals surface area (Å²) in [6.07, 6.45) is 0.219. The van der Waals surface area contributed by atoms with Crippen molar-refractivity contribution in [2.45, 2.75) is 22.9 Å². The highest BCUT2D eigenvalue weighted by Crippen LogP contribution is 2.37. The van der Waals surface area contributed by atoms with Crippen LogP contribution in [0.15, 0.2) is 29.2 Å². The number of ether oxygens (including phenoxy) is 1. The Morgan fingerprint density at radius 1 is 1.48 bits per heavy atom. The largest absolute Gasteiger partial charge is 0.446 e. The molecule has 1 saturated heterocycles. The molecule has 1 aromatic carbocycles. The van der Waals surface area contributed by atoms with E-state index >= 15 is 0 Å². The number of amides is 1. The number of benzene rings is 1. The number of hydrogen-bond acceptors (Lipinski definition) is 4. The highest BCUT2D eigenvalue weighted by Gasteiger charge is 2.29. The number of anilines is 1. The molecule has 1 unspecified atom stereocenters. The van der Waals surface area contributed by atoms with Gasteiger partial charge in [0, 0.05) is 29.6 Å². The molecule has 1 fully saturated rings. The maximum Gasteiger partial charge on any atom is 0.446 e. The molecule has 2 N–H and O–H groups in total. The monoisotopic (exact) mass is 320 g/mol.